The van der Waals surface area contributed by atoms with Gasteiger partial charge in [-0.1, -0.05) is 42.0 Å². The van der Waals surface area contributed by atoms with Gasteiger partial charge in [0.25, 0.3) is 11.7 Å². The summed E-state index contributed by atoms with van der Waals surface area (Å²) in [5, 5.41) is 11.1. The van der Waals surface area contributed by atoms with E-state index in [1.807, 2.05) is 50.2 Å². The second-order valence-electron chi connectivity index (χ2n) is 7.95. The number of carbonyl (C=O) groups is 2. The lowest BCUT2D eigenvalue weighted by Gasteiger charge is -2.27. The smallest absolute Gasteiger partial charge is 0.295 e. The molecule has 2 aromatic carbocycles. The number of ether oxygens (including phenoxy) is 2. The number of rotatable bonds is 6. The molecule has 2 saturated heterocycles. The standard InChI is InChI=1S/C25H27NO5/c1-3-30-19-12-10-17(11-13-19)22-21(23(27)18-8-6-16(2)7-9-18)24(28)25(29)26(22)15-20-5-4-14-31-20/h6-13,20,22,27H,3-5,14-15H2,1-2H3/t20-,22+/m1/s1. The Balaban J connectivity index is 1.78. The zero-order chi connectivity index (χ0) is 22.0. The third-order valence-electron chi connectivity index (χ3n) is 5.80. The average Bonchev–Trinajstić information content (AvgIpc) is 3.37. The van der Waals surface area contributed by atoms with Crippen molar-refractivity contribution in [2.75, 3.05) is 19.8 Å². The summed E-state index contributed by atoms with van der Waals surface area (Å²) < 4.78 is 11.2. The van der Waals surface area contributed by atoms with Crippen LogP contribution in [0.3, 0.4) is 0 Å². The van der Waals surface area contributed by atoms with E-state index < -0.39 is 17.7 Å². The van der Waals surface area contributed by atoms with E-state index in [4.69, 9.17) is 9.47 Å². The SMILES string of the molecule is CCOc1ccc([C@H]2C(=C(O)c3ccc(C)cc3)C(=O)C(=O)N2C[C@H]2CCCO2)cc1. The van der Waals surface area contributed by atoms with Gasteiger partial charge in [-0.3, -0.25) is 9.59 Å². The van der Waals surface area contributed by atoms with Crippen LogP contribution in [0.15, 0.2) is 54.1 Å². The van der Waals surface area contributed by atoms with E-state index in [0.29, 0.717) is 31.1 Å². The molecule has 4 rings (SSSR count). The van der Waals surface area contributed by atoms with E-state index in [-0.39, 0.29) is 17.4 Å². The van der Waals surface area contributed by atoms with Gasteiger partial charge in [-0.15, -0.1) is 0 Å². The minimum absolute atomic E-state index is 0.107. The number of likely N-dealkylation sites (tertiary alicyclic amines) is 1. The lowest BCUT2D eigenvalue weighted by atomic mass is 9.95. The van der Waals surface area contributed by atoms with Crippen molar-refractivity contribution in [1.82, 2.24) is 4.90 Å². The molecule has 0 aromatic heterocycles. The van der Waals surface area contributed by atoms with E-state index in [0.717, 1.165) is 24.0 Å². The highest BCUT2D eigenvalue weighted by molar-refractivity contribution is 6.46. The maximum atomic E-state index is 13.0. The van der Waals surface area contributed by atoms with Gasteiger partial charge in [0.1, 0.15) is 11.5 Å². The fourth-order valence-electron chi connectivity index (χ4n) is 4.20. The van der Waals surface area contributed by atoms with Gasteiger partial charge in [-0.05, 0) is 44.4 Å². The van der Waals surface area contributed by atoms with Crippen molar-refractivity contribution in [2.45, 2.75) is 38.8 Å². The van der Waals surface area contributed by atoms with Crippen LogP contribution in [-0.4, -0.2) is 47.6 Å². The average molecular weight is 421 g/mol. The fraction of sp³-hybridized carbons (Fsp3) is 0.360. The number of aliphatic hydroxyl groups is 1. The van der Waals surface area contributed by atoms with Crippen molar-refractivity contribution >= 4 is 17.4 Å². The number of benzene rings is 2. The van der Waals surface area contributed by atoms with Crippen LogP contribution >= 0.6 is 0 Å². The van der Waals surface area contributed by atoms with Crippen LogP contribution in [0, 0.1) is 6.92 Å². The molecule has 6 heteroatoms. The lowest BCUT2D eigenvalue weighted by Crippen LogP contribution is -2.36. The van der Waals surface area contributed by atoms with Crippen LogP contribution in [0.25, 0.3) is 5.76 Å². The molecule has 2 aliphatic rings. The third kappa shape index (κ3) is 4.21. The molecular formula is C25H27NO5. The van der Waals surface area contributed by atoms with Gasteiger partial charge in [-0.25, -0.2) is 0 Å². The van der Waals surface area contributed by atoms with Gasteiger partial charge < -0.3 is 19.5 Å². The number of amides is 1. The summed E-state index contributed by atoms with van der Waals surface area (Å²) in [6, 6.07) is 13.9. The molecule has 2 aliphatic heterocycles. The predicted molar refractivity (Wildman–Crippen MR) is 117 cm³/mol. The molecule has 0 radical (unpaired) electrons. The second-order valence-corrected chi connectivity index (χ2v) is 7.95. The molecule has 31 heavy (non-hydrogen) atoms. The van der Waals surface area contributed by atoms with Crippen molar-refractivity contribution in [3.63, 3.8) is 0 Å². The molecule has 0 saturated carbocycles. The maximum absolute atomic E-state index is 13.0. The highest BCUT2D eigenvalue weighted by Crippen LogP contribution is 2.40. The van der Waals surface area contributed by atoms with Gasteiger partial charge in [-0.2, -0.15) is 0 Å². The molecule has 162 valence electrons. The van der Waals surface area contributed by atoms with E-state index in [9.17, 15) is 14.7 Å². The number of hydrogen-bond donors (Lipinski definition) is 1. The van der Waals surface area contributed by atoms with Crippen molar-refractivity contribution < 1.29 is 24.2 Å². The van der Waals surface area contributed by atoms with Crippen molar-refractivity contribution in [2.24, 2.45) is 0 Å². The number of Topliss-reactive ketones (excluding diaryl/α,β-unsaturated/α-hetero) is 1. The quantitative estimate of drug-likeness (QED) is 0.434. The van der Waals surface area contributed by atoms with Gasteiger partial charge in [0.15, 0.2) is 0 Å². The number of carbonyl (C=O) groups excluding carboxylic acids is 2. The minimum Gasteiger partial charge on any atom is -0.507 e. The fourth-order valence-corrected chi connectivity index (χ4v) is 4.20. The first kappa shape index (κ1) is 21.1. The lowest BCUT2D eigenvalue weighted by molar-refractivity contribution is -0.140. The second kappa shape index (κ2) is 8.94. The molecule has 6 nitrogen and oxygen atoms in total. The summed E-state index contributed by atoms with van der Waals surface area (Å²) in [5.74, 6) is -0.731. The molecule has 0 unspecified atom stereocenters. The monoisotopic (exact) mass is 421 g/mol. The van der Waals surface area contributed by atoms with E-state index in [1.54, 1.807) is 12.1 Å². The molecule has 0 bridgehead atoms. The van der Waals surface area contributed by atoms with E-state index in [2.05, 4.69) is 0 Å². The summed E-state index contributed by atoms with van der Waals surface area (Å²) in [6.45, 7) is 5.37. The van der Waals surface area contributed by atoms with Gasteiger partial charge in [0.2, 0.25) is 0 Å². The summed E-state index contributed by atoms with van der Waals surface area (Å²) in [4.78, 5) is 27.6. The van der Waals surface area contributed by atoms with Crippen LogP contribution in [-0.2, 0) is 14.3 Å². The minimum atomic E-state index is -0.679. The Bertz CT molecular complexity index is 988. The Morgan fingerprint density at radius 1 is 1.13 bits per heavy atom. The van der Waals surface area contributed by atoms with E-state index in [1.165, 1.54) is 4.90 Å². The highest BCUT2D eigenvalue weighted by atomic mass is 16.5. The zero-order valence-corrected chi connectivity index (χ0v) is 17.8. The summed E-state index contributed by atoms with van der Waals surface area (Å²) in [5.41, 5.74) is 2.40. The molecule has 2 atom stereocenters. The third-order valence-corrected chi connectivity index (χ3v) is 5.80. The largest absolute Gasteiger partial charge is 0.507 e. The Labute approximate surface area is 182 Å². The first-order valence-corrected chi connectivity index (χ1v) is 10.7. The summed E-state index contributed by atoms with van der Waals surface area (Å²) in [7, 11) is 0. The highest BCUT2D eigenvalue weighted by Gasteiger charge is 2.47. The number of nitrogens with zero attached hydrogens (tertiary/aromatic N) is 1. The normalized spacial score (nSPS) is 22.8. The predicted octanol–water partition coefficient (Wildman–Crippen LogP) is 3.99. The number of ketones is 1. The molecule has 2 fully saturated rings. The Kier molecular flexibility index (Phi) is 6.09. The number of hydrogen-bond acceptors (Lipinski definition) is 5. The van der Waals surface area contributed by atoms with Gasteiger partial charge in [0, 0.05) is 18.7 Å². The van der Waals surface area contributed by atoms with Gasteiger partial charge >= 0.3 is 0 Å². The first-order chi connectivity index (χ1) is 15.0. The van der Waals surface area contributed by atoms with Crippen LogP contribution in [0.1, 0.15) is 42.5 Å². The Hall–Kier alpha value is -3.12. The van der Waals surface area contributed by atoms with Crippen molar-refractivity contribution in [3.05, 3.63) is 70.8 Å². The first-order valence-electron chi connectivity index (χ1n) is 10.7. The number of aliphatic hydroxyl groups excluding tert-OH is 1. The molecule has 1 N–H and O–H groups in total. The van der Waals surface area contributed by atoms with Crippen LogP contribution in [0.5, 0.6) is 5.75 Å². The Morgan fingerprint density at radius 3 is 2.45 bits per heavy atom. The Morgan fingerprint density at radius 2 is 1.84 bits per heavy atom. The molecular weight excluding hydrogens is 394 g/mol. The molecule has 2 aromatic rings. The van der Waals surface area contributed by atoms with Crippen molar-refractivity contribution in [3.8, 4) is 5.75 Å². The maximum Gasteiger partial charge on any atom is 0.295 e. The summed E-state index contributed by atoms with van der Waals surface area (Å²) >= 11 is 0. The van der Waals surface area contributed by atoms with Crippen LogP contribution in [0.2, 0.25) is 0 Å². The molecule has 0 spiro atoms. The van der Waals surface area contributed by atoms with Crippen LogP contribution in [0.4, 0.5) is 0 Å². The van der Waals surface area contributed by atoms with E-state index >= 15 is 0 Å². The molecule has 0 aliphatic carbocycles. The molecule has 1 amide bonds. The number of aryl methyl sites for hydroxylation is 1. The van der Waals surface area contributed by atoms with Gasteiger partial charge in [0.05, 0.1) is 24.3 Å². The zero-order valence-electron chi connectivity index (χ0n) is 17.8. The van der Waals surface area contributed by atoms with Crippen molar-refractivity contribution in [1.29, 1.82) is 0 Å². The molecule has 2 heterocycles. The van der Waals surface area contributed by atoms with Crippen LogP contribution < -0.4 is 4.74 Å². The topological polar surface area (TPSA) is 76.1 Å². The summed E-state index contributed by atoms with van der Waals surface area (Å²) in [6.07, 6.45) is 1.67.